The van der Waals surface area contributed by atoms with Crippen LogP contribution in [-0.4, -0.2) is 7.85 Å². The van der Waals surface area contributed by atoms with Gasteiger partial charge in [0, 0.05) is 22.5 Å². The lowest BCUT2D eigenvalue weighted by molar-refractivity contribution is 0.660. The van der Waals surface area contributed by atoms with Crippen LogP contribution < -0.4 is 10.4 Å². The Balaban J connectivity index is 0.00000144. The Morgan fingerprint density at radius 2 is 1.29 bits per heavy atom. The predicted octanol–water partition coefficient (Wildman–Crippen LogP) is 8.94. The van der Waals surface area contributed by atoms with Gasteiger partial charge < -0.3 is 4.90 Å². The van der Waals surface area contributed by atoms with Gasteiger partial charge >= 0.3 is 0 Å². The van der Waals surface area contributed by atoms with Crippen molar-refractivity contribution >= 4 is 51.1 Å². The molecule has 0 amide bonds. The standard InChI is InChI=1S/C34H28BN.H3PS/c1-23-20-30-29-14-7-8-15-31(29)34(2,3)32(30)22-33(23)36(27-12-5-4-6-13-27)28-18-16-24(17-19-28)25-10-9-11-26(35)21-25;1-2/h4-22H,1-3H3;2H,1H2. The third-order valence-corrected chi connectivity index (χ3v) is 7.50. The second-order valence-electron chi connectivity index (χ2n) is 10.2. The highest BCUT2D eigenvalue weighted by Crippen LogP contribution is 2.51. The van der Waals surface area contributed by atoms with Crippen LogP contribution in [0, 0.1) is 6.92 Å². The Morgan fingerprint density at radius 3 is 2.00 bits per heavy atom. The Bertz CT molecular complexity index is 1580. The summed E-state index contributed by atoms with van der Waals surface area (Å²) >= 11 is 3.44. The highest BCUT2D eigenvalue weighted by molar-refractivity contribution is 8.31. The molecular weight excluding hydrogens is 496 g/mol. The Hall–Kier alpha value is -3.26. The Labute approximate surface area is 235 Å². The highest BCUT2D eigenvalue weighted by Gasteiger charge is 2.36. The minimum Gasteiger partial charge on any atom is -0.310 e. The van der Waals surface area contributed by atoms with Gasteiger partial charge in [-0.3, -0.25) is 0 Å². The molecule has 186 valence electrons. The zero-order chi connectivity index (χ0) is 26.9. The number of rotatable bonds is 4. The van der Waals surface area contributed by atoms with Crippen molar-refractivity contribution in [3.63, 3.8) is 0 Å². The summed E-state index contributed by atoms with van der Waals surface area (Å²) in [6.07, 6.45) is 0. The van der Waals surface area contributed by atoms with Gasteiger partial charge in [-0.05, 0) is 82.3 Å². The van der Waals surface area contributed by atoms with Gasteiger partial charge in [-0.25, -0.2) is 0 Å². The zero-order valence-electron chi connectivity index (χ0n) is 22.0. The molecule has 4 heteroatoms. The van der Waals surface area contributed by atoms with E-state index in [0.29, 0.717) is 0 Å². The Kier molecular flexibility index (Phi) is 7.53. The van der Waals surface area contributed by atoms with E-state index in [1.165, 1.54) is 33.5 Å². The third-order valence-electron chi connectivity index (χ3n) is 7.50. The van der Waals surface area contributed by atoms with Crippen LogP contribution in [0.25, 0.3) is 22.3 Å². The van der Waals surface area contributed by atoms with Crippen molar-refractivity contribution in [3.05, 3.63) is 132 Å². The molecule has 0 saturated carbocycles. The summed E-state index contributed by atoms with van der Waals surface area (Å²) in [5.41, 5.74) is 13.2. The molecule has 0 saturated heterocycles. The van der Waals surface area contributed by atoms with E-state index in [1.807, 2.05) is 18.2 Å². The first-order valence-corrected chi connectivity index (χ1v) is 14.8. The highest BCUT2D eigenvalue weighted by atomic mass is 32.7. The van der Waals surface area contributed by atoms with E-state index in [-0.39, 0.29) is 5.41 Å². The molecule has 0 heterocycles. The maximum atomic E-state index is 6.03. The normalized spacial score (nSPS) is 12.7. The van der Waals surface area contributed by atoms with Crippen molar-refractivity contribution in [1.29, 1.82) is 0 Å². The van der Waals surface area contributed by atoms with E-state index in [9.17, 15) is 0 Å². The summed E-state index contributed by atoms with van der Waals surface area (Å²) in [7, 11) is 8.14. The fourth-order valence-electron chi connectivity index (χ4n) is 5.61. The van der Waals surface area contributed by atoms with Crippen LogP contribution in [0.3, 0.4) is 0 Å². The summed E-state index contributed by atoms with van der Waals surface area (Å²) in [4.78, 5) is 2.37. The number of hydrogen-bond donors (Lipinski definition) is 1. The molecular formula is C34H31BNPS. The van der Waals surface area contributed by atoms with Crippen LogP contribution in [0.2, 0.25) is 0 Å². The second kappa shape index (κ2) is 10.9. The number of thiol groups is 1. The molecule has 5 aromatic carbocycles. The number of benzene rings is 5. The lowest BCUT2D eigenvalue weighted by atomic mass is 9.82. The maximum Gasteiger partial charge on any atom is 0.113 e. The number of hydrogen-bond acceptors (Lipinski definition) is 2. The third kappa shape index (κ3) is 4.71. The van der Waals surface area contributed by atoms with Crippen LogP contribution >= 0.6 is 20.7 Å². The van der Waals surface area contributed by atoms with Crippen LogP contribution in [-0.2, 0) is 5.41 Å². The van der Waals surface area contributed by atoms with Gasteiger partial charge in [-0.1, -0.05) is 107 Å². The summed E-state index contributed by atoms with van der Waals surface area (Å²) in [6.45, 7) is 6.90. The fourth-order valence-corrected chi connectivity index (χ4v) is 5.61. The minimum absolute atomic E-state index is 0.0478. The first-order chi connectivity index (χ1) is 18.4. The van der Waals surface area contributed by atoms with Gasteiger partial charge in [0.2, 0.25) is 0 Å². The topological polar surface area (TPSA) is 3.24 Å². The number of anilines is 3. The SMILES string of the molecule is PS.[B]c1cccc(-c2ccc(N(c3ccccc3)c3cc4c(cc3C)-c3ccccc3C4(C)C)cc2)c1. The largest absolute Gasteiger partial charge is 0.310 e. The Morgan fingerprint density at radius 1 is 0.632 bits per heavy atom. The van der Waals surface area contributed by atoms with E-state index in [1.54, 1.807) is 0 Å². The van der Waals surface area contributed by atoms with Crippen molar-refractivity contribution in [2.24, 2.45) is 0 Å². The molecule has 1 atom stereocenters. The maximum absolute atomic E-state index is 6.03. The first kappa shape index (κ1) is 26.4. The van der Waals surface area contributed by atoms with Gasteiger partial charge in [0.15, 0.2) is 0 Å². The van der Waals surface area contributed by atoms with E-state index in [4.69, 9.17) is 7.85 Å². The lowest BCUT2D eigenvalue weighted by Crippen LogP contribution is -2.17. The summed E-state index contributed by atoms with van der Waals surface area (Å²) in [6, 6.07) is 41.1. The average molecular weight is 527 g/mol. The molecule has 0 aromatic heterocycles. The summed E-state index contributed by atoms with van der Waals surface area (Å²) in [5, 5.41) is 0. The van der Waals surface area contributed by atoms with E-state index < -0.39 is 0 Å². The molecule has 2 radical (unpaired) electrons. The fraction of sp³-hybridized carbons (Fsp3) is 0.118. The zero-order valence-corrected chi connectivity index (χ0v) is 24.1. The van der Waals surface area contributed by atoms with E-state index in [0.717, 1.165) is 28.0 Å². The molecule has 38 heavy (non-hydrogen) atoms. The molecule has 1 nitrogen and oxygen atoms in total. The molecule has 1 aliphatic carbocycles. The molecule has 6 rings (SSSR count). The number of nitrogens with zero attached hydrogens (tertiary/aromatic N) is 1. The number of aryl methyl sites for hydroxylation is 1. The molecule has 0 fully saturated rings. The number of para-hydroxylation sites is 1. The molecule has 0 aliphatic heterocycles. The van der Waals surface area contributed by atoms with Crippen LogP contribution in [0.15, 0.2) is 115 Å². The number of fused-ring (bicyclic) bond motifs is 3. The van der Waals surface area contributed by atoms with Crippen molar-refractivity contribution in [3.8, 4) is 22.3 Å². The van der Waals surface area contributed by atoms with Crippen molar-refractivity contribution in [2.45, 2.75) is 26.2 Å². The molecule has 0 spiro atoms. The quantitative estimate of drug-likeness (QED) is 0.139. The van der Waals surface area contributed by atoms with Gasteiger partial charge in [-0.15, -0.1) is 0 Å². The first-order valence-electron chi connectivity index (χ1n) is 12.8. The van der Waals surface area contributed by atoms with Crippen molar-refractivity contribution < 1.29 is 0 Å². The van der Waals surface area contributed by atoms with E-state index in [2.05, 4.69) is 143 Å². The van der Waals surface area contributed by atoms with Crippen molar-refractivity contribution in [2.75, 3.05) is 4.90 Å². The minimum atomic E-state index is -0.0478. The van der Waals surface area contributed by atoms with Crippen LogP contribution in [0.1, 0.15) is 30.5 Å². The lowest BCUT2D eigenvalue weighted by Gasteiger charge is -2.29. The van der Waals surface area contributed by atoms with Crippen molar-refractivity contribution in [1.82, 2.24) is 0 Å². The van der Waals surface area contributed by atoms with Gasteiger partial charge in [0.05, 0.1) is 0 Å². The summed E-state index contributed by atoms with van der Waals surface area (Å²) in [5.74, 6) is 0. The average Bonchev–Trinajstić information content (AvgIpc) is 3.17. The molecule has 1 unspecified atom stereocenters. The molecule has 5 aromatic rings. The molecule has 1 aliphatic rings. The monoisotopic (exact) mass is 527 g/mol. The molecule has 0 N–H and O–H groups in total. The van der Waals surface area contributed by atoms with Crippen LogP contribution in [0.5, 0.6) is 0 Å². The smallest absolute Gasteiger partial charge is 0.113 e. The van der Waals surface area contributed by atoms with Gasteiger partial charge in [0.25, 0.3) is 0 Å². The second-order valence-corrected chi connectivity index (χ2v) is 10.2. The van der Waals surface area contributed by atoms with Gasteiger partial charge in [-0.2, -0.15) is 12.2 Å². The predicted molar refractivity (Wildman–Crippen MR) is 173 cm³/mol. The van der Waals surface area contributed by atoms with Gasteiger partial charge in [0.1, 0.15) is 7.85 Å². The van der Waals surface area contributed by atoms with Crippen LogP contribution in [0.4, 0.5) is 17.1 Å². The molecule has 0 bridgehead atoms. The van der Waals surface area contributed by atoms with E-state index >= 15 is 0 Å². The summed E-state index contributed by atoms with van der Waals surface area (Å²) < 4.78 is 0.